The molecular formula is C22H19F6N3O2. The Morgan fingerprint density at radius 1 is 0.879 bits per heavy atom. The molecule has 33 heavy (non-hydrogen) atoms. The van der Waals surface area contributed by atoms with Crippen LogP contribution < -0.4 is 0 Å². The summed E-state index contributed by atoms with van der Waals surface area (Å²) >= 11 is 0. The van der Waals surface area contributed by atoms with E-state index in [1.165, 1.54) is 24.3 Å². The van der Waals surface area contributed by atoms with Crippen LogP contribution in [0, 0.1) is 0 Å². The van der Waals surface area contributed by atoms with Crippen molar-refractivity contribution in [1.29, 1.82) is 0 Å². The molecule has 0 atom stereocenters. The number of carbonyl (C=O) groups excluding carboxylic acids is 1. The molecule has 5 nitrogen and oxygen atoms in total. The minimum atomic E-state index is -4.55. The van der Waals surface area contributed by atoms with Crippen LogP contribution in [0.15, 0.2) is 48.5 Å². The molecule has 2 aromatic carbocycles. The van der Waals surface area contributed by atoms with Gasteiger partial charge in [0.05, 0.1) is 23.4 Å². The average Bonchev–Trinajstić information content (AvgIpc) is 3.16. The summed E-state index contributed by atoms with van der Waals surface area (Å²) in [6.07, 6.45) is -7.61. The molecule has 0 amide bonds. The van der Waals surface area contributed by atoms with Gasteiger partial charge in [-0.05, 0) is 30.7 Å². The fraction of sp³-hybridized carbons (Fsp3) is 0.318. The molecular weight excluding hydrogens is 452 g/mol. The molecule has 11 heteroatoms. The van der Waals surface area contributed by atoms with E-state index in [-0.39, 0.29) is 35.7 Å². The number of hydrogen-bond acceptors (Lipinski definition) is 4. The van der Waals surface area contributed by atoms with Gasteiger partial charge in [0.15, 0.2) is 0 Å². The first kappa shape index (κ1) is 24.3. The lowest BCUT2D eigenvalue weighted by atomic mass is 10.0. The maximum absolute atomic E-state index is 13.0. The van der Waals surface area contributed by atoms with Gasteiger partial charge in [-0.25, -0.2) is 4.68 Å². The van der Waals surface area contributed by atoms with Gasteiger partial charge in [-0.15, -0.1) is 5.10 Å². The third-order valence-corrected chi connectivity index (χ3v) is 4.75. The molecule has 1 aromatic heterocycles. The summed E-state index contributed by atoms with van der Waals surface area (Å²) in [5.41, 5.74) is -0.942. The summed E-state index contributed by atoms with van der Waals surface area (Å²) in [7, 11) is 0. The van der Waals surface area contributed by atoms with Crippen LogP contribution in [0.4, 0.5) is 26.3 Å². The Labute approximate surface area is 185 Å². The molecule has 0 unspecified atom stereocenters. The van der Waals surface area contributed by atoms with Crippen LogP contribution in [0.5, 0.6) is 0 Å². The number of benzene rings is 2. The number of unbranched alkanes of at least 4 members (excludes halogenated alkanes) is 1. The molecule has 176 valence electrons. The summed E-state index contributed by atoms with van der Waals surface area (Å²) < 4.78 is 83.8. The van der Waals surface area contributed by atoms with E-state index < -0.39 is 29.4 Å². The van der Waals surface area contributed by atoms with Crippen molar-refractivity contribution in [3.63, 3.8) is 0 Å². The van der Waals surface area contributed by atoms with Crippen molar-refractivity contribution in [2.45, 2.75) is 38.7 Å². The lowest BCUT2D eigenvalue weighted by Gasteiger charge is -2.11. The van der Waals surface area contributed by atoms with E-state index in [0.29, 0.717) is 6.42 Å². The quantitative estimate of drug-likeness (QED) is 0.241. The van der Waals surface area contributed by atoms with Crippen molar-refractivity contribution < 1.29 is 35.9 Å². The minimum absolute atomic E-state index is 0.116. The summed E-state index contributed by atoms with van der Waals surface area (Å²) in [5, 5.41) is 7.88. The summed E-state index contributed by atoms with van der Waals surface area (Å²) in [6.45, 7) is 1.75. The molecule has 0 bridgehead atoms. The number of rotatable bonds is 7. The van der Waals surface area contributed by atoms with Gasteiger partial charge in [-0.1, -0.05) is 42.8 Å². The first-order valence-electron chi connectivity index (χ1n) is 9.95. The van der Waals surface area contributed by atoms with Crippen molar-refractivity contribution >= 4 is 5.97 Å². The normalized spacial score (nSPS) is 12.1. The van der Waals surface area contributed by atoms with Gasteiger partial charge < -0.3 is 4.74 Å². The highest BCUT2D eigenvalue weighted by Gasteiger charge is 2.31. The summed E-state index contributed by atoms with van der Waals surface area (Å²) in [6, 6.07) is 8.20. The Kier molecular flexibility index (Phi) is 7.09. The number of esters is 1. The third kappa shape index (κ3) is 5.91. The number of aromatic nitrogens is 3. The predicted octanol–water partition coefficient (Wildman–Crippen LogP) is 5.99. The minimum Gasteiger partial charge on any atom is -0.464 e. The van der Waals surface area contributed by atoms with E-state index in [1.54, 1.807) is 0 Å². The first-order chi connectivity index (χ1) is 15.5. The average molecular weight is 471 g/mol. The second kappa shape index (κ2) is 9.63. The summed E-state index contributed by atoms with van der Waals surface area (Å²) in [5.74, 6) is -0.625. The number of carbonyl (C=O) groups is 1. The highest BCUT2D eigenvalue weighted by atomic mass is 19.4. The number of nitrogens with zero attached hydrogens (tertiary/aromatic N) is 3. The van der Waals surface area contributed by atoms with Crippen LogP contribution in [-0.2, 0) is 28.4 Å². The maximum atomic E-state index is 13.0. The van der Waals surface area contributed by atoms with Crippen LogP contribution in [0.3, 0.4) is 0 Å². The third-order valence-electron chi connectivity index (χ3n) is 4.75. The zero-order valence-corrected chi connectivity index (χ0v) is 17.4. The van der Waals surface area contributed by atoms with E-state index in [9.17, 15) is 31.1 Å². The Hall–Kier alpha value is -3.37. The largest absolute Gasteiger partial charge is 0.464 e. The molecule has 0 aliphatic carbocycles. The van der Waals surface area contributed by atoms with Crippen LogP contribution in [0.25, 0.3) is 22.5 Å². The highest BCUT2D eigenvalue weighted by Crippen LogP contribution is 2.35. The van der Waals surface area contributed by atoms with E-state index in [0.717, 1.165) is 35.4 Å². The topological polar surface area (TPSA) is 57.0 Å². The van der Waals surface area contributed by atoms with Gasteiger partial charge in [0.2, 0.25) is 0 Å². The van der Waals surface area contributed by atoms with Crippen LogP contribution in [-0.4, -0.2) is 27.6 Å². The van der Waals surface area contributed by atoms with Crippen molar-refractivity contribution in [2.24, 2.45) is 0 Å². The van der Waals surface area contributed by atoms with E-state index in [1.807, 2.05) is 6.92 Å². The zero-order chi connectivity index (χ0) is 24.2. The smallest absolute Gasteiger partial charge is 0.416 e. The van der Waals surface area contributed by atoms with Crippen LogP contribution in [0.2, 0.25) is 0 Å². The van der Waals surface area contributed by atoms with Crippen molar-refractivity contribution in [2.75, 3.05) is 6.61 Å². The fourth-order valence-electron chi connectivity index (χ4n) is 3.04. The van der Waals surface area contributed by atoms with E-state index in [2.05, 4.69) is 10.3 Å². The molecule has 3 aromatic rings. The second-order valence-electron chi connectivity index (χ2n) is 7.17. The molecule has 1 heterocycles. The predicted molar refractivity (Wildman–Crippen MR) is 107 cm³/mol. The van der Waals surface area contributed by atoms with Gasteiger partial charge in [-0.2, -0.15) is 26.3 Å². The van der Waals surface area contributed by atoms with Gasteiger partial charge in [0.1, 0.15) is 12.2 Å². The van der Waals surface area contributed by atoms with Crippen molar-refractivity contribution in [1.82, 2.24) is 15.0 Å². The van der Waals surface area contributed by atoms with Crippen LogP contribution in [0.1, 0.15) is 30.9 Å². The molecule has 0 aliphatic rings. The fourth-order valence-corrected chi connectivity index (χ4v) is 3.04. The Bertz CT molecular complexity index is 1090. The number of ether oxygens (including phenoxy) is 1. The van der Waals surface area contributed by atoms with Crippen molar-refractivity contribution in [3.8, 4) is 22.5 Å². The molecule has 0 aliphatic heterocycles. The molecule has 0 saturated heterocycles. The van der Waals surface area contributed by atoms with E-state index >= 15 is 0 Å². The van der Waals surface area contributed by atoms with Crippen LogP contribution >= 0.6 is 0 Å². The maximum Gasteiger partial charge on any atom is 0.416 e. The number of alkyl halides is 6. The molecule has 0 radical (unpaired) electrons. The van der Waals surface area contributed by atoms with Gasteiger partial charge >= 0.3 is 18.3 Å². The molecule has 0 saturated carbocycles. The molecule has 0 N–H and O–H groups in total. The van der Waals surface area contributed by atoms with Gasteiger partial charge in [-0.3, -0.25) is 4.79 Å². The standard InChI is InChI=1S/C22H19F6N3O2/c1-2-3-12-33-18(32)13-31-20(15-6-10-17(11-7-15)22(26,27)28)19(29-30-31)14-4-8-16(9-5-14)21(23,24)25/h4-11H,2-3,12-13H2,1H3. The number of hydrogen-bond donors (Lipinski definition) is 0. The zero-order valence-electron chi connectivity index (χ0n) is 17.4. The van der Waals surface area contributed by atoms with Gasteiger partial charge in [0.25, 0.3) is 0 Å². The van der Waals surface area contributed by atoms with E-state index in [4.69, 9.17) is 4.74 Å². The van der Waals surface area contributed by atoms with Crippen molar-refractivity contribution in [3.05, 3.63) is 59.7 Å². The first-order valence-corrected chi connectivity index (χ1v) is 9.95. The Morgan fingerprint density at radius 3 is 1.88 bits per heavy atom. The van der Waals surface area contributed by atoms with Gasteiger partial charge in [0, 0.05) is 11.1 Å². The Morgan fingerprint density at radius 2 is 1.39 bits per heavy atom. The molecule has 0 fully saturated rings. The lowest BCUT2D eigenvalue weighted by molar-refractivity contribution is -0.144. The lowest BCUT2D eigenvalue weighted by Crippen LogP contribution is -2.16. The highest BCUT2D eigenvalue weighted by molar-refractivity contribution is 5.79. The second-order valence-corrected chi connectivity index (χ2v) is 7.17. The summed E-state index contributed by atoms with van der Waals surface area (Å²) in [4.78, 5) is 12.2. The SMILES string of the molecule is CCCCOC(=O)Cn1nnc(-c2ccc(C(F)(F)F)cc2)c1-c1ccc(C(F)(F)F)cc1. The Balaban J connectivity index is 2.01. The molecule has 3 rings (SSSR count). The molecule has 0 spiro atoms. The number of halogens is 6. The monoisotopic (exact) mass is 471 g/mol.